The van der Waals surface area contributed by atoms with Gasteiger partial charge in [-0.25, -0.2) is 8.42 Å². The van der Waals surface area contributed by atoms with Crippen molar-refractivity contribution < 1.29 is 13.5 Å². The summed E-state index contributed by atoms with van der Waals surface area (Å²) in [5.41, 5.74) is 1.84. The molecular formula is C15H17NO3S2. The Bertz CT molecular complexity index is 752. The first kappa shape index (κ1) is 14.6. The molecule has 0 spiro atoms. The van der Waals surface area contributed by atoms with Gasteiger partial charge in [0.1, 0.15) is 4.21 Å². The summed E-state index contributed by atoms with van der Waals surface area (Å²) in [5.74, 6) is 0.284. The number of sulfonamides is 1. The van der Waals surface area contributed by atoms with Crippen molar-refractivity contribution >= 4 is 27.0 Å². The van der Waals surface area contributed by atoms with Crippen LogP contribution in [0.25, 0.3) is 0 Å². The molecule has 6 heteroatoms. The van der Waals surface area contributed by atoms with E-state index in [1.807, 2.05) is 24.3 Å². The Morgan fingerprint density at radius 1 is 1.29 bits per heavy atom. The van der Waals surface area contributed by atoms with Crippen molar-refractivity contribution in [2.24, 2.45) is 5.92 Å². The lowest BCUT2D eigenvalue weighted by molar-refractivity contribution is 0.285. The van der Waals surface area contributed by atoms with Gasteiger partial charge in [0.2, 0.25) is 0 Å². The molecule has 3 rings (SSSR count). The molecule has 1 aromatic carbocycles. The Balaban J connectivity index is 2.07. The number of aliphatic hydroxyl groups excluding tert-OH is 1. The second-order valence-electron chi connectivity index (χ2n) is 5.35. The SMILES string of the molecule is CC1Cc2ccccc2N(S(=O)(=O)c2ccc(CO)s2)C1. The van der Waals surface area contributed by atoms with Gasteiger partial charge in [0.15, 0.2) is 0 Å². The number of fused-ring (bicyclic) bond motifs is 1. The zero-order valence-corrected chi connectivity index (χ0v) is 13.3. The van der Waals surface area contributed by atoms with Gasteiger partial charge >= 0.3 is 0 Å². The highest BCUT2D eigenvalue weighted by Crippen LogP contribution is 2.35. The number of benzene rings is 1. The molecule has 112 valence electrons. The van der Waals surface area contributed by atoms with Crippen LogP contribution in [0.4, 0.5) is 5.69 Å². The molecule has 0 saturated heterocycles. The van der Waals surface area contributed by atoms with Crippen LogP contribution in [-0.2, 0) is 23.1 Å². The molecule has 1 aromatic heterocycles. The number of rotatable bonds is 3. The van der Waals surface area contributed by atoms with Gasteiger partial charge in [-0.1, -0.05) is 25.1 Å². The quantitative estimate of drug-likeness (QED) is 0.944. The molecule has 0 amide bonds. The lowest BCUT2D eigenvalue weighted by atomic mass is 9.96. The van der Waals surface area contributed by atoms with Gasteiger partial charge in [0.05, 0.1) is 12.3 Å². The molecule has 1 aliphatic heterocycles. The Hall–Kier alpha value is -1.37. The van der Waals surface area contributed by atoms with Gasteiger partial charge in [-0.05, 0) is 36.1 Å². The van der Waals surface area contributed by atoms with Crippen LogP contribution in [0.5, 0.6) is 0 Å². The van der Waals surface area contributed by atoms with Crippen molar-refractivity contribution in [3.63, 3.8) is 0 Å². The smallest absolute Gasteiger partial charge is 0.273 e. The largest absolute Gasteiger partial charge is 0.391 e. The van der Waals surface area contributed by atoms with Crippen LogP contribution >= 0.6 is 11.3 Å². The molecule has 1 N–H and O–H groups in total. The predicted octanol–water partition coefficient (Wildman–Crippen LogP) is 2.63. The van der Waals surface area contributed by atoms with Crippen LogP contribution in [0.2, 0.25) is 0 Å². The Labute approximate surface area is 128 Å². The maximum absolute atomic E-state index is 12.9. The fraction of sp³-hybridized carbons (Fsp3) is 0.333. The number of nitrogens with zero attached hydrogens (tertiary/aromatic N) is 1. The number of thiophene rings is 1. The third-order valence-corrected chi connectivity index (χ3v) is 6.96. The second-order valence-corrected chi connectivity index (χ2v) is 8.61. The number of anilines is 1. The predicted molar refractivity (Wildman–Crippen MR) is 84.1 cm³/mol. The monoisotopic (exact) mass is 323 g/mol. The maximum atomic E-state index is 12.9. The topological polar surface area (TPSA) is 57.6 Å². The number of hydrogen-bond donors (Lipinski definition) is 1. The van der Waals surface area contributed by atoms with Gasteiger partial charge < -0.3 is 5.11 Å². The van der Waals surface area contributed by atoms with E-state index in [0.29, 0.717) is 11.4 Å². The molecule has 2 heterocycles. The highest BCUT2D eigenvalue weighted by molar-refractivity contribution is 7.94. The second kappa shape index (κ2) is 5.44. The van der Waals surface area contributed by atoms with Gasteiger partial charge in [-0.2, -0.15) is 0 Å². The van der Waals surface area contributed by atoms with Crippen LogP contribution in [0.1, 0.15) is 17.4 Å². The van der Waals surface area contributed by atoms with Crippen LogP contribution in [-0.4, -0.2) is 20.1 Å². The fourth-order valence-electron chi connectivity index (χ4n) is 2.67. The van der Waals surface area contributed by atoms with Gasteiger partial charge in [-0.3, -0.25) is 4.31 Å². The third-order valence-electron chi connectivity index (χ3n) is 3.64. The maximum Gasteiger partial charge on any atom is 0.273 e. The average molecular weight is 323 g/mol. The van der Waals surface area contributed by atoms with E-state index in [9.17, 15) is 8.42 Å². The molecule has 0 aliphatic carbocycles. The van der Waals surface area contributed by atoms with E-state index in [1.54, 1.807) is 12.1 Å². The first-order valence-electron chi connectivity index (χ1n) is 6.82. The molecule has 21 heavy (non-hydrogen) atoms. The Kier molecular flexibility index (Phi) is 3.77. The van der Waals surface area contributed by atoms with E-state index in [-0.39, 0.29) is 16.7 Å². The number of hydrogen-bond acceptors (Lipinski definition) is 4. The van der Waals surface area contributed by atoms with E-state index in [1.165, 1.54) is 4.31 Å². The summed E-state index contributed by atoms with van der Waals surface area (Å²) >= 11 is 1.13. The standard InChI is InChI=1S/C15H17NO3S2/c1-11-8-12-4-2-3-5-14(12)16(9-11)21(18,19)15-7-6-13(10-17)20-15/h2-7,11,17H,8-10H2,1H3. The molecule has 2 aromatic rings. The number of aliphatic hydroxyl groups is 1. The van der Waals surface area contributed by atoms with E-state index in [4.69, 9.17) is 5.11 Å². The number of para-hydroxylation sites is 1. The summed E-state index contributed by atoms with van der Waals surface area (Å²) in [4.78, 5) is 0.659. The molecule has 0 saturated carbocycles. The summed E-state index contributed by atoms with van der Waals surface area (Å²) in [6, 6.07) is 10.9. The lowest BCUT2D eigenvalue weighted by Gasteiger charge is -2.33. The van der Waals surface area contributed by atoms with Gasteiger partial charge in [-0.15, -0.1) is 11.3 Å². The molecule has 1 aliphatic rings. The first-order valence-corrected chi connectivity index (χ1v) is 9.08. The van der Waals surface area contributed by atoms with E-state index < -0.39 is 10.0 Å². The molecule has 4 nitrogen and oxygen atoms in total. The molecule has 0 bridgehead atoms. The highest BCUT2D eigenvalue weighted by atomic mass is 32.2. The lowest BCUT2D eigenvalue weighted by Crippen LogP contribution is -2.38. The van der Waals surface area contributed by atoms with Crippen molar-refractivity contribution in [3.05, 3.63) is 46.8 Å². The van der Waals surface area contributed by atoms with E-state index >= 15 is 0 Å². The van der Waals surface area contributed by atoms with Crippen molar-refractivity contribution in [1.29, 1.82) is 0 Å². The van der Waals surface area contributed by atoms with Crippen LogP contribution in [0, 0.1) is 5.92 Å². The van der Waals surface area contributed by atoms with Crippen molar-refractivity contribution in [1.82, 2.24) is 0 Å². The average Bonchev–Trinajstić information content (AvgIpc) is 2.96. The fourth-order valence-corrected chi connectivity index (χ4v) is 5.62. The molecule has 0 radical (unpaired) electrons. The minimum Gasteiger partial charge on any atom is -0.391 e. The molecular weight excluding hydrogens is 306 g/mol. The van der Waals surface area contributed by atoms with Crippen LogP contribution < -0.4 is 4.31 Å². The van der Waals surface area contributed by atoms with E-state index in [2.05, 4.69) is 6.92 Å². The molecule has 1 atom stereocenters. The normalized spacial score (nSPS) is 18.6. The Morgan fingerprint density at radius 2 is 2.05 bits per heavy atom. The van der Waals surface area contributed by atoms with Crippen LogP contribution in [0.3, 0.4) is 0 Å². The minimum absolute atomic E-state index is 0.132. The van der Waals surface area contributed by atoms with Crippen LogP contribution in [0.15, 0.2) is 40.6 Å². The molecule has 1 unspecified atom stereocenters. The van der Waals surface area contributed by atoms with E-state index in [0.717, 1.165) is 29.0 Å². The zero-order valence-electron chi connectivity index (χ0n) is 11.7. The first-order chi connectivity index (χ1) is 10.0. The van der Waals surface area contributed by atoms with Gasteiger partial charge in [0, 0.05) is 11.4 Å². The highest BCUT2D eigenvalue weighted by Gasteiger charge is 2.32. The minimum atomic E-state index is -3.56. The third kappa shape index (κ3) is 2.59. The summed E-state index contributed by atoms with van der Waals surface area (Å²) in [7, 11) is -3.56. The summed E-state index contributed by atoms with van der Waals surface area (Å²) in [5, 5.41) is 9.13. The van der Waals surface area contributed by atoms with Crippen molar-refractivity contribution in [3.8, 4) is 0 Å². The van der Waals surface area contributed by atoms with Gasteiger partial charge in [0.25, 0.3) is 10.0 Å². The Morgan fingerprint density at radius 3 is 2.76 bits per heavy atom. The van der Waals surface area contributed by atoms with Crippen molar-refractivity contribution in [2.45, 2.75) is 24.2 Å². The molecule has 0 fully saturated rings. The summed E-state index contributed by atoms with van der Waals surface area (Å²) in [6.45, 7) is 2.42. The summed E-state index contributed by atoms with van der Waals surface area (Å²) in [6.07, 6.45) is 0.897. The van der Waals surface area contributed by atoms with Crippen molar-refractivity contribution in [2.75, 3.05) is 10.8 Å². The zero-order chi connectivity index (χ0) is 15.0. The summed E-state index contributed by atoms with van der Waals surface area (Å²) < 4.78 is 27.5.